The van der Waals surface area contributed by atoms with E-state index in [0.717, 1.165) is 24.5 Å². The van der Waals surface area contributed by atoms with Crippen LogP contribution in [0.5, 0.6) is 5.75 Å². The smallest absolute Gasteiger partial charge is 0.254 e. The van der Waals surface area contributed by atoms with Crippen LogP contribution in [-0.4, -0.2) is 43.3 Å². The van der Waals surface area contributed by atoms with Gasteiger partial charge in [-0.15, -0.1) is 0 Å². The molecule has 0 radical (unpaired) electrons. The number of hydrogen-bond acceptors (Lipinski definition) is 5. The Bertz CT molecular complexity index is 788. The third-order valence-corrected chi connectivity index (χ3v) is 4.43. The van der Waals surface area contributed by atoms with Crippen molar-refractivity contribution < 1.29 is 18.7 Å². The van der Waals surface area contributed by atoms with Crippen molar-refractivity contribution in [1.82, 2.24) is 10.3 Å². The highest BCUT2D eigenvalue weighted by atomic mass is 19.1. The first-order chi connectivity index (χ1) is 13.0. The summed E-state index contributed by atoms with van der Waals surface area (Å²) >= 11 is 0. The molecule has 1 fully saturated rings. The van der Waals surface area contributed by atoms with Gasteiger partial charge in [0.05, 0.1) is 24.9 Å². The average Bonchev–Trinajstić information content (AvgIpc) is 2.65. The first kappa shape index (κ1) is 19.1. The number of rotatable bonds is 5. The van der Waals surface area contributed by atoms with E-state index in [1.165, 1.54) is 19.2 Å². The van der Waals surface area contributed by atoms with Crippen LogP contribution in [0.4, 0.5) is 10.2 Å². The molecule has 1 aliphatic rings. The molecule has 1 saturated heterocycles. The number of hydrogen-bond donors (Lipinski definition) is 1. The number of nitrogens with zero attached hydrogens (tertiary/aromatic N) is 2. The number of methoxy groups -OCH3 is 1. The van der Waals surface area contributed by atoms with Crippen molar-refractivity contribution in [3.05, 3.63) is 53.5 Å². The van der Waals surface area contributed by atoms with Gasteiger partial charge in [0.2, 0.25) is 0 Å². The number of benzene rings is 1. The zero-order chi connectivity index (χ0) is 19.4. The minimum absolute atomic E-state index is 0.0170. The Morgan fingerprint density at radius 3 is 2.63 bits per heavy atom. The maximum Gasteiger partial charge on any atom is 0.254 e. The van der Waals surface area contributed by atoms with E-state index in [-0.39, 0.29) is 24.3 Å². The standard InChI is InChI=1S/C20H24FN3O3/c1-13-11-24(12-14(2)27-13)19-7-4-15(9-22-19)10-23-20(25)17-6-5-16(26-3)8-18(17)21/h4-9,13-14H,10-12H2,1-3H3,(H,23,25). The van der Waals surface area contributed by atoms with Gasteiger partial charge in [0.1, 0.15) is 17.4 Å². The number of morpholine rings is 1. The van der Waals surface area contributed by atoms with Crippen molar-refractivity contribution >= 4 is 11.7 Å². The van der Waals surface area contributed by atoms with Crippen molar-refractivity contribution in [3.63, 3.8) is 0 Å². The molecular weight excluding hydrogens is 349 g/mol. The summed E-state index contributed by atoms with van der Waals surface area (Å²) in [5.41, 5.74) is 0.826. The third kappa shape index (κ3) is 4.74. The predicted octanol–water partition coefficient (Wildman–Crippen LogP) is 2.77. The van der Waals surface area contributed by atoms with Crippen molar-refractivity contribution in [1.29, 1.82) is 0 Å². The van der Waals surface area contributed by atoms with Gasteiger partial charge in [-0.2, -0.15) is 0 Å². The molecule has 7 heteroatoms. The highest BCUT2D eigenvalue weighted by Crippen LogP contribution is 2.19. The Balaban J connectivity index is 1.59. The van der Waals surface area contributed by atoms with Crippen LogP contribution in [-0.2, 0) is 11.3 Å². The minimum atomic E-state index is -0.615. The van der Waals surface area contributed by atoms with Gasteiger partial charge in [0.15, 0.2) is 0 Å². The van der Waals surface area contributed by atoms with E-state index in [1.807, 2.05) is 26.0 Å². The quantitative estimate of drug-likeness (QED) is 0.873. The van der Waals surface area contributed by atoms with E-state index in [9.17, 15) is 9.18 Å². The van der Waals surface area contributed by atoms with Crippen molar-refractivity contribution in [3.8, 4) is 5.75 Å². The molecule has 2 heterocycles. The van der Waals surface area contributed by atoms with Gasteiger partial charge in [0.25, 0.3) is 5.91 Å². The Kier molecular flexibility index (Phi) is 5.91. The second-order valence-corrected chi connectivity index (χ2v) is 6.72. The zero-order valence-electron chi connectivity index (χ0n) is 15.7. The zero-order valence-corrected chi connectivity index (χ0v) is 15.7. The maximum absolute atomic E-state index is 14.0. The highest BCUT2D eigenvalue weighted by Gasteiger charge is 2.23. The Hall–Kier alpha value is -2.67. The fraction of sp³-hybridized carbons (Fsp3) is 0.400. The maximum atomic E-state index is 14.0. The molecule has 2 atom stereocenters. The molecule has 1 aromatic heterocycles. The van der Waals surface area contributed by atoms with Crippen LogP contribution in [0.2, 0.25) is 0 Å². The first-order valence-electron chi connectivity index (χ1n) is 8.93. The number of aromatic nitrogens is 1. The van der Waals surface area contributed by atoms with Crippen LogP contribution in [0.3, 0.4) is 0 Å². The third-order valence-electron chi connectivity index (χ3n) is 4.43. The van der Waals surface area contributed by atoms with E-state index < -0.39 is 11.7 Å². The molecule has 0 aliphatic carbocycles. The average molecular weight is 373 g/mol. The van der Waals surface area contributed by atoms with E-state index >= 15 is 0 Å². The number of ether oxygens (including phenoxy) is 2. The van der Waals surface area contributed by atoms with Crippen LogP contribution < -0.4 is 15.0 Å². The summed E-state index contributed by atoms with van der Waals surface area (Å²) in [6.07, 6.45) is 2.05. The molecule has 1 N–H and O–H groups in total. The molecule has 1 aromatic carbocycles. The summed E-state index contributed by atoms with van der Waals surface area (Å²) in [5.74, 6) is 0.162. The number of carbonyl (C=O) groups excluding carboxylic acids is 1. The summed E-state index contributed by atoms with van der Waals surface area (Å²) in [7, 11) is 1.45. The number of halogens is 1. The van der Waals surface area contributed by atoms with Crippen LogP contribution in [0.15, 0.2) is 36.5 Å². The fourth-order valence-electron chi connectivity index (χ4n) is 3.16. The largest absolute Gasteiger partial charge is 0.497 e. The lowest BCUT2D eigenvalue weighted by Gasteiger charge is -2.36. The molecule has 27 heavy (non-hydrogen) atoms. The summed E-state index contributed by atoms with van der Waals surface area (Å²) < 4.78 is 24.6. The molecule has 3 rings (SSSR count). The number of anilines is 1. The lowest BCUT2D eigenvalue weighted by molar-refractivity contribution is -0.00546. The monoisotopic (exact) mass is 373 g/mol. The van der Waals surface area contributed by atoms with Crippen molar-refractivity contribution in [2.45, 2.75) is 32.6 Å². The molecule has 2 unspecified atom stereocenters. The molecule has 144 valence electrons. The van der Waals surface area contributed by atoms with Gasteiger partial charge in [-0.25, -0.2) is 9.37 Å². The Morgan fingerprint density at radius 2 is 2.04 bits per heavy atom. The van der Waals surface area contributed by atoms with Crippen LogP contribution in [0.25, 0.3) is 0 Å². The highest BCUT2D eigenvalue weighted by molar-refractivity contribution is 5.94. The normalized spacial score (nSPS) is 19.6. The summed E-state index contributed by atoms with van der Waals surface area (Å²) in [5, 5.41) is 2.71. The molecule has 1 aliphatic heterocycles. The number of nitrogens with one attached hydrogen (secondary N) is 1. The molecule has 0 bridgehead atoms. The van der Waals surface area contributed by atoms with Crippen LogP contribution in [0, 0.1) is 5.82 Å². The first-order valence-corrected chi connectivity index (χ1v) is 8.93. The fourth-order valence-corrected chi connectivity index (χ4v) is 3.16. The summed E-state index contributed by atoms with van der Waals surface area (Å²) in [6, 6.07) is 8.00. The summed E-state index contributed by atoms with van der Waals surface area (Å²) in [4.78, 5) is 18.9. The van der Waals surface area contributed by atoms with Crippen molar-refractivity contribution in [2.24, 2.45) is 0 Å². The SMILES string of the molecule is COc1ccc(C(=O)NCc2ccc(N3CC(C)OC(C)C3)nc2)c(F)c1. The van der Waals surface area contributed by atoms with Crippen molar-refractivity contribution in [2.75, 3.05) is 25.1 Å². The van der Waals surface area contributed by atoms with E-state index in [1.54, 1.807) is 12.3 Å². The molecule has 6 nitrogen and oxygen atoms in total. The van der Waals surface area contributed by atoms with Gasteiger partial charge in [0, 0.05) is 31.9 Å². The van der Waals surface area contributed by atoms with Gasteiger partial charge in [-0.05, 0) is 37.6 Å². The molecule has 0 saturated carbocycles. The van der Waals surface area contributed by atoms with Gasteiger partial charge in [-0.3, -0.25) is 4.79 Å². The molecule has 2 aromatic rings. The van der Waals surface area contributed by atoms with Gasteiger partial charge in [-0.1, -0.05) is 6.07 Å². The van der Waals surface area contributed by atoms with Gasteiger partial charge >= 0.3 is 0 Å². The van der Waals surface area contributed by atoms with Gasteiger partial charge < -0.3 is 19.7 Å². The van der Waals surface area contributed by atoms with E-state index in [0.29, 0.717) is 5.75 Å². The van der Waals surface area contributed by atoms with Crippen LogP contribution >= 0.6 is 0 Å². The van der Waals surface area contributed by atoms with Crippen LogP contribution in [0.1, 0.15) is 29.8 Å². The minimum Gasteiger partial charge on any atom is -0.497 e. The van der Waals surface area contributed by atoms with E-state index in [4.69, 9.17) is 9.47 Å². The van der Waals surface area contributed by atoms with E-state index in [2.05, 4.69) is 15.2 Å². The molecule has 0 spiro atoms. The molecule has 1 amide bonds. The lowest BCUT2D eigenvalue weighted by atomic mass is 10.2. The lowest BCUT2D eigenvalue weighted by Crippen LogP contribution is -2.45. The topological polar surface area (TPSA) is 63.7 Å². The summed E-state index contributed by atoms with van der Waals surface area (Å²) in [6.45, 7) is 5.96. The number of amides is 1. The molecular formula is C20H24FN3O3. The number of pyridine rings is 1. The Labute approximate surface area is 158 Å². The second kappa shape index (κ2) is 8.35. The second-order valence-electron chi connectivity index (χ2n) is 6.72. The number of carbonyl (C=O) groups is 1. The predicted molar refractivity (Wildman–Crippen MR) is 101 cm³/mol. The Morgan fingerprint density at radius 1 is 1.30 bits per heavy atom.